The van der Waals surface area contributed by atoms with Crippen LogP contribution in [0.3, 0.4) is 0 Å². The fourth-order valence-electron chi connectivity index (χ4n) is 8.97. The lowest BCUT2D eigenvalue weighted by Gasteiger charge is -2.15. The monoisotopic (exact) mass is 689 g/mol. The van der Waals surface area contributed by atoms with Crippen molar-refractivity contribution in [2.45, 2.75) is 6.42 Å². The molecule has 2 aliphatic carbocycles. The van der Waals surface area contributed by atoms with Crippen LogP contribution in [0.2, 0.25) is 0 Å². The van der Waals surface area contributed by atoms with Crippen LogP contribution in [0.25, 0.3) is 82.8 Å². The van der Waals surface area contributed by atoms with E-state index in [4.69, 9.17) is 5.73 Å². The molecule has 0 amide bonds. The van der Waals surface area contributed by atoms with Gasteiger partial charge in [0.15, 0.2) is 0 Å². The summed E-state index contributed by atoms with van der Waals surface area (Å²) in [5.74, 6) is 0. The van der Waals surface area contributed by atoms with Gasteiger partial charge in [-0.1, -0.05) is 109 Å². The van der Waals surface area contributed by atoms with Crippen molar-refractivity contribution in [2.75, 3.05) is 0 Å². The molecule has 7 aromatic carbocycles. The van der Waals surface area contributed by atoms with E-state index in [9.17, 15) is 0 Å². The molecule has 0 fully saturated rings. The lowest BCUT2D eigenvalue weighted by Crippen LogP contribution is -1.96. The van der Waals surface area contributed by atoms with Gasteiger partial charge in [-0.25, -0.2) is 0 Å². The Morgan fingerprint density at radius 1 is 0.463 bits per heavy atom. The van der Waals surface area contributed by atoms with Crippen LogP contribution in [0.5, 0.6) is 0 Å². The number of nitrogens with zero attached hydrogens (tertiary/aromatic N) is 2. The molecule has 3 heteroatoms. The first-order chi connectivity index (χ1) is 26.7. The van der Waals surface area contributed by atoms with Gasteiger partial charge in [0.1, 0.15) is 0 Å². The molecule has 0 unspecified atom stereocenters. The van der Waals surface area contributed by atoms with Crippen LogP contribution >= 0.6 is 0 Å². The molecule has 0 saturated heterocycles. The van der Waals surface area contributed by atoms with Crippen molar-refractivity contribution < 1.29 is 0 Å². The van der Waals surface area contributed by atoms with Crippen LogP contribution in [-0.4, -0.2) is 9.13 Å². The summed E-state index contributed by atoms with van der Waals surface area (Å²) in [6.07, 6.45) is 9.32. The van der Waals surface area contributed by atoms with Gasteiger partial charge in [-0.2, -0.15) is 0 Å². The maximum atomic E-state index is 5.91. The van der Waals surface area contributed by atoms with Crippen molar-refractivity contribution in [1.29, 1.82) is 0 Å². The Morgan fingerprint density at radius 3 is 1.70 bits per heavy atom. The highest BCUT2D eigenvalue weighted by Gasteiger charge is 2.27. The first-order valence-electron chi connectivity index (χ1n) is 18.6. The van der Waals surface area contributed by atoms with Gasteiger partial charge in [-0.05, 0) is 136 Å². The van der Waals surface area contributed by atoms with Gasteiger partial charge in [-0.3, -0.25) is 0 Å². The number of fused-ring (bicyclic) bond motifs is 9. The van der Waals surface area contributed by atoms with E-state index in [0.717, 1.165) is 12.1 Å². The van der Waals surface area contributed by atoms with E-state index in [-0.39, 0.29) is 0 Å². The van der Waals surface area contributed by atoms with E-state index in [2.05, 4.69) is 185 Å². The SMILES string of the molecule is N/C=C\C1=C2CC=C(c3ccc4c5cc(-c6ccc7c(c6)c6ccccc6n7-c6ccccc6)ccc5n(-c5ccccc5)c4c3)C=C2c2ccccc21. The highest BCUT2D eigenvalue weighted by Crippen LogP contribution is 2.48. The Bertz CT molecular complexity index is 3110. The second-order valence-electron chi connectivity index (χ2n) is 14.3. The standard InChI is InChI=1S/C51H35N3/c52-28-27-42-39-15-7-8-16-40(39)45-29-33(19-23-41(42)45)36-20-24-44-47-31-35(22-26-50(47)54(51(44)32-36)38-13-5-2-6-14-38)34-21-25-49-46(30-34)43-17-9-10-18-48(43)53(49)37-11-3-1-4-12-37/h1-22,24-32H,23,52H2/b28-27-. The Morgan fingerprint density at radius 2 is 1.02 bits per heavy atom. The first-order valence-corrected chi connectivity index (χ1v) is 18.6. The summed E-state index contributed by atoms with van der Waals surface area (Å²) in [7, 11) is 0. The third-order valence-electron chi connectivity index (χ3n) is 11.4. The molecule has 0 atom stereocenters. The molecule has 2 aromatic heterocycles. The molecular formula is C51H35N3. The lowest BCUT2D eigenvalue weighted by molar-refractivity contribution is 1.18. The van der Waals surface area contributed by atoms with Gasteiger partial charge in [0.05, 0.1) is 22.1 Å². The Labute approximate surface area is 313 Å². The van der Waals surface area contributed by atoms with Gasteiger partial charge in [0.25, 0.3) is 0 Å². The lowest BCUT2D eigenvalue weighted by atomic mass is 9.89. The summed E-state index contributed by atoms with van der Waals surface area (Å²) in [6.45, 7) is 0. The maximum Gasteiger partial charge on any atom is 0.0547 e. The summed E-state index contributed by atoms with van der Waals surface area (Å²) in [4.78, 5) is 0. The molecule has 254 valence electrons. The van der Waals surface area contributed by atoms with Crippen LogP contribution in [0, 0.1) is 0 Å². The van der Waals surface area contributed by atoms with Crippen molar-refractivity contribution in [3.8, 4) is 22.5 Å². The van der Waals surface area contributed by atoms with Crippen molar-refractivity contribution in [2.24, 2.45) is 5.73 Å². The second kappa shape index (κ2) is 12.0. The molecule has 0 aliphatic heterocycles. The molecular weight excluding hydrogens is 655 g/mol. The molecule has 2 aliphatic rings. The average Bonchev–Trinajstić information content (AvgIpc) is 3.86. The van der Waals surface area contributed by atoms with E-state index >= 15 is 0 Å². The molecule has 9 aromatic rings. The number of para-hydroxylation sites is 3. The zero-order valence-corrected chi connectivity index (χ0v) is 29.6. The molecule has 0 bridgehead atoms. The second-order valence-corrected chi connectivity index (χ2v) is 14.3. The van der Waals surface area contributed by atoms with Crippen LogP contribution in [0.15, 0.2) is 194 Å². The smallest absolute Gasteiger partial charge is 0.0547 e. The number of nitrogens with two attached hydrogens (primary N) is 1. The van der Waals surface area contributed by atoms with Crippen LogP contribution < -0.4 is 5.73 Å². The molecule has 0 radical (unpaired) electrons. The highest BCUT2D eigenvalue weighted by molar-refractivity contribution is 6.14. The maximum absolute atomic E-state index is 5.91. The summed E-state index contributed by atoms with van der Waals surface area (Å²) in [5.41, 5.74) is 24.3. The van der Waals surface area contributed by atoms with Crippen LogP contribution in [0.1, 0.15) is 23.1 Å². The minimum Gasteiger partial charge on any atom is -0.405 e. The fraction of sp³-hybridized carbons (Fsp3) is 0.0196. The topological polar surface area (TPSA) is 35.9 Å². The molecule has 2 N–H and O–H groups in total. The van der Waals surface area contributed by atoms with Crippen molar-refractivity contribution >= 4 is 60.3 Å². The molecule has 0 spiro atoms. The predicted octanol–water partition coefficient (Wildman–Crippen LogP) is 12.7. The average molecular weight is 690 g/mol. The number of rotatable bonds is 5. The largest absolute Gasteiger partial charge is 0.405 e. The van der Waals surface area contributed by atoms with Gasteiger partial charge in [0.2, 0.25) is 0 Å². The Balaban J connectivity index is 1.07. The Hall–Kier alpha value is -7.10. The number of benzene rings is 7. The van der Waals surface area contributed by atoms with Crippen molar-refractivity contribution in [3.05, 3.63) is 210 Å². The summed E-state index contributed by atoms with van der Waals surface area (Å²) in [5, 5.41) is 5.00. The first kappa shape index (κ1) is 30.5. The van der Waals surface area contributed by atoms with Gasteiger partial charge in [-0.15, -0.1) is 0 Å². The number of hydrogen-bond donors (Lipinski definition) is 1. The minimum atomic E-state index is 0.868. The minimum absolute atomic E-state index is 0.868. The summed E-state index contributed by atoms with van der Waals surface area (Å²) in [6, 6.07) is 59.7. The molecule has 54 heavy (non-hydrogen) atoms. The van der Waals surface area contributed by atoms with Crippen LogP contribution in [0.4, 0.5) is 0 Å². The number of aromatic nitrogens is 2. The number of hydrogen-bond acceptors (Lipinski definition) is 1. The molecule has 3 nitrogen and oxygen atoms in total. The van der Waals surface area contributed by atoms with E-state index in [1.807, 2.05) is 6.08 Å². The molecule has 0 saturated carbocycles. The van der Waals surface area contributed by atoms with Gasteiger partial charge >= 0.3 is 0 Å². The predicted molar refractivity (Wildman–Crippen MR) is 228 cm³/mol. The highest BCUT2D eigenvalue weighted by atomic mass is 15.0. The quantitative estimate of drug-likeness (QED) is 0.192. The van der Waals surface area contributed by atoms with E-state index in [0.29, 0.717) is 0 Å². The number of allylic oxidation sites excluding steroid dienone is 7. The summed E-state index contributed by atoms with van der Waals surface area (Å²) < 4.78 is 4.80. The van der Waals surface area contributed by atoms with E-state index in [1.165, 1.54) is 99.4 Å². The van der Waals surface area contributed by atoms with E-state index < -0.39 is 0 Å². The fourth-order valence-corrected chi connectivity index (χ4v) is 8.97. The molecule has 2 heterocycles. The third-order valence-corrected chi connectivity index (χ3v) is 11.4. The third kappa shape index (κ3) is 4.55. The van der Waals surface area contributed by atoms with E-state index in [1.54, 1.807) is 6.20 Å². The zero-order chi connectivity index (χ0) is 35.8. The van der Waals surface area contributed by atoms with Crippen molar-refractivity contribution in [1.82, 2.24) is 9.13 Å². The zero-order valence-electron chi connectivity index (χ0n) is 29.6. The van der Waals surface area contributed by atoms with Gasteiger partial charge < -0.3 is 14.9 Å². The van der Waals surface area contributed by atoms with Crippen molar-refractivity contribution in [3.63, 3.8) is 0 Å². The molecule has 11 rings (SSSR count). The summed E-state index contributed by atoms with van der Waals surface area (Å²) >= 11 is 0. The Kier molecular flexibility index (Phi) is 6.77. The van der Waals surface area contributed by atoms with Gasteiger partial charge in [0, 0.05) is 32.9 Å². The normalized spacial score (nSPS) is 14.0. The van der Waals surface area contributed by atoms with Crippen LogP contribution in [-0.2, 0) is 0 Å².